The first-order valence-corrected chi connectivity index (χ1v) is 6.61. The maximum atomic E-state index is 12.0. The largest absolute Gasteiger partial charge is 0.481 e. The smallest absolute Gasteiger partial charge is 0.311 e. The predicted octanol–water partition coefficient (Wildman–Crippen LogP) is 1.89. The van der Waals surface area contributed by atoms with Gasteiger partial charge >= 0.3 is 5.97 Å². The van der Waals surface area contributed by atoms with Crippen molar-refractivity contribution < 1.29 is 14.7 Å². The Morgan fingerprint density at radius 2 is 2.12 bits per heavy atom. The number of carboxylic acid groups (broad SMARTS) is 1. The third kappa shape index (κ3) is 2.45. The number of hydrogen-bond donors (Lipinski definition) is 1. The van der Waals surface area contributed by atoms with Crippen LogP contribution >= 0.6 is 0 Å². The molecular weight excluding hydrogens is 218 g/mol. The lowest BCUT2D eigenvalue weighted by atomic mass is 9.76. The monoisotopic (exact) mass is 239 g/mol. The van der Waals surface area contributed by atoms with Crippen LogP contribution in [0.3, 0.4) is 0 Å². The van der Waals surface area contributed by atoms with Crippen molar-refractivity contribution in [1.29, 1.82) is 0 Å². The number of carbonyl (C=O) groups is 2. The number of aliphatic carboxylic acids is 1. The van der Waals surface area contributed by atoms with Crippen LogP contribution in [0.4, 0.5) is 0 Å². The summed E-state index contributed by atoms with van der Waals surface area (Å²) in [5.41, 5.74) is -0.683. The van der Waals surface area contributed by atoms with Crippen molar-refractivity contribution in [2.75, 3.05) is 13.1 Å². The first-order chi connectivity index (χ1) is 8.09. The molecule has 17 heavy (non-hydrogen) atoms. The fourth-order valence-corrected chi connectivity index (χ4v) is 2.87. The van der Waals surface area contributed by atoms with E-state index in [4.69, 9.17) is 0 Å². The normalized spacial score (nSPS) is 29.1. The first-order valence-electron chi connectivity index (χ1n) is 6.61. The molecule has 1 saturated carbocycles. The zero-order valence-corrected chi connectivity index (χ0v) is 10.4. The highest BCUT2D eigenvalue weighted by atomic mass is 16.4. The maximum absolute atomic E-state index is 12.0. The molecule has 1 atom stereocenters. The summed E-state index contributed by atoms with van der Waals surface area (Å²) in [7, 11) is 0. The van der Waals surface area contributed by atoms with Crippen LogP contribution in [0.1, 0.15) is 45.4 Å². The van der Waals surface area contributed by atoms with Gasteiger partial charge in [-0.2, -0.15) is 0 Å². The highest BCUT2D eigenvalue weighted by molar-refractivity contribution is 5.83. The van der Waals surface area contributed by atoms with Gasteiger partial charge in [-0.25, -0.2) is 0 Å². The van der Waals surface area contributed by atoms with Gasteiger partial charge in [0.2, 0.25) is 5.91 Å². The number of carbonyl (C=O) groups excluding carboxylic acids is 1. The second-order valence-electron chi connectivity index (χ2n) is 5.47. The van der Waals surface area contributed by atoms with E-state index in [2.05, 4.69) is 0 Å². The standard InChI is InChI=1S/C13H21NO3/c1-2-6-13(12(16)17)7-3-8-14(9-13)11(15)10-4-5-10/h10H,2-9H2,1H3,(H,16,17). The Morgan fingerprint density at radius 1 is 1.41 bits per heavy atom. The van der Waals surface area contributed by atoms with Crippen molar-refractivity contribution in [2.45, 2.75) is 45.4 Å². The molecule has 2 aliphatic rings. The van der Waals surface area contributed by atoms with E-state index in [9.17, 15) is 14.7 Å². The van der Waals surface area contributed by atoms with Crippen LogP contribution in [-0.4, -0.2) is 35.0 Å². The number of rotatable bonds is 4. The summed E-state index contributed by atoms with van der Waals surface area (Å²) < 4.78 is 0. The minimum atomic E-state index is -0.729. The van der Waals surface area contributed by atoms with Crippen LogP contribution in [0.2, 0.25) is 0 Å². The molecule has 0 aromatic rings. The van der Waals surface area contributed by atoms with Crippen molar-refractivity contribution in [2.24, 2.45) is 11.3 Å². The van der Waals surface area contributed by atoms with Gasteiger partial charge in [-0.05, 0) is 32.1 Å². The summed E-state index contributed by atoms with van der Waals surface area (Å²) in [6.07, 6.45) is 5.05. The van der Waals surface area contributed by atoms with Crippen LogP contribution in [-0.2, 0) is 9.59 Å². The van der Waals surface area contributed by atoms with E-state index in [0.29, 0.717) is 19.4 Å². The Bertz CT molecular complexity index is 321. The van der Waals surface area contributed by atoms with Crippen LogP contribution in [0.5, 0.6) is 0 Å². The van der Waals surface area contributed by atoms with Gasteiger partial charge in [0, 0.05) is 19.0 Å². The van der Waals surface area contributed by atoms with E-state index in [1.165, 1.54) is 0 Å². The fourth-order valence-electron chi connectivity index (χ4n) is 2.87. The van der Waals surface area contributed by atoms with Crippen molar-refractivity contribution in [3.63, 3.8) is 0 Å². The zero-order valence-electron chi connectivity index (χ0n) is 10.4. The average Bonchev–Trinajstić information content (AvgIpc) is 3.12. The number of piperidine rings is 1. The maximum Gasteiger partial charge on any atom is 0.311 e. The molecule has 1 heterocycles. The predicted molar refractivity (Wildman–Crippen MR) is 63.5 cm³/mol. The molecule has 1 aliphatic heterocycles. The average molecular weight is 239 g/mol. The lowest BCUT2D eigenvalue weighted by Gasteiger charge is -2.40. The fraction of sp³-hybridized carbons (Fsp3) is 0.846. The van der Waals surface area contributed by atoms with Crippen LogP contribution in [0.25, 0.3) is 0 Å². The van der Waals surface area contributed by atoms with E-state index >= 15 is 0 Å². The Kier molecular flexibility index (Phi) is 3.40. The molecule has 1 saturated heterocycles. The molecule has 4 heteroatoms. The van der Waals surface area contributed by atoms with Gasteiger partial charge in [0.25, 0.3) is 0 Å². The molecule has 1 unspecified atom stereocenters. The van der Waals surface area contributed by atoms with E-state index < -0.39 is 11.4 Å². The first kappa shape index (κ1) is 12.4. The van der Waals surface area contributed by atoms with Gasteiger partial charge in [-0.15, -0.1) is 0 Å². The van der Waals surface area contributed by atoms with Crippen LogP contribution < -0.4 is 0 Å². The van der Waals surface area contributed by atoms with Crippen molar-refractivity contribution >= 4 is 11.9 Å². The molecule has 0 bridgehead atoms. The Labute approximate surface area is 102 Å². The van der Waals surface area contributed by atoms with Gasteiger partial charge < -0.3 is 10.0 Å². The summed E-state index contributed by atoms with van der Waals surface area (Å²) >= 11 is 0. The summed E-state index contributed by atoms with van der Waals surface area (Å²) in [5, 5.41) is 9.44. The lowest BCUT2D eigenvalue weighted by Crippen LogP contribution is -2.50. The molecule has 96 valence electrons. The number of nitrogens with zero attached hydrogens (tertiary/aromatic N) is 1. The Morgan fingerprint density at radius 3 is 2.65 bits per heavy atom. The summed E-state index contributed by atoms with van der Waals surface area (Å²) in [5.74, 6) is -0.347. The molecule has 0 radical (unpaired) electrons. The third-order valence-electron chi connectivity index (χ3n) is 4.00. The van der Waals surface area contributed by atoms with Gasteiger partial charge in [-0.3, -0.25) is 9.59 Å². The molecule has 0 aromatic heterocycles. The molecule has 1 N–H and O–H groups in total. The second kappa shape index (κ2) is 4.67. The minimum absolute atomic E-state index is 0.187. The summed E-state index contributed by atoms with van der Waals surface area (Å²) in [4.78, 5) is 25.3. The van der Waals surface area contributed by atoms with Gasteiger partial charge in [0.15, 0.2) is 0 Å². The van der Waals surface area contributed by atoms with Crippen LogP contribution in [0, 0.1) is 11.3 Å². The van der Waals surface area contributed by atoms with E-state index in [1.807, 2.05) is 6.92 Å². The molecule has 2 rings (SSSR count). The quantitative estimate of drug-likeness (QED) is 0.815. The number of amides is 1. The number of hydrogen-bond acceptors (Lipinski definition) is 2. The molecule has 1 amide bonds. The number of likely N-dealkylation sites (tertiary alicyclic amines) is 1. The molecule has 0 aromatic carbocycles. The van der Waals surface area contributed by atoms with E-state index in [0.717, 1.165) is 32.2 Å². The molecule has 4 nitrogen and oxygen atoms in total. The van der Waals surface area contributed by atoms with E-state index in [-0.39, 0.29) is 11.8 Å². The Hall–Kier alpha value is -1.06. The number of carboxylic acids is 1. The zero-order chi connectivity index (χ0) is 12.5. The van der Waals surface area contributed by atoms with Crippen LogP contribution in [0.15, 0.2) is 0 Å². The van der Waals surface area contributed by atoms with Gasteiger partial charge in [0.05, 0.1) is 5.41 Å². The van der Waals surface area contributed by atoms with Gasteiger partial charge in [0.1, 0.15) is 0 Å². The topological polar surface area (TPSA) is 57.6 Å². The van der Waals surface area contributed by atoms with Crippen molar-refractivity contribution in [3.8, 4) is 0 Å². The highest BCUT2D eigenvalue weighted by Crippen LogP contribution is 2.38. The highest BCUT2D eigenvalue weighted by Gasteiger charge is 2.44. The van der Waals surface area contributed by atoms with E-state index in [1.54, 1.807) is 4.90 Å². The minimum Gasteiger partial charge on any atom is -0.481 e. The molecule has 1 aliphatic carbocycles. The van der Waals surface area contributed by atoms with Crippen molar-refractivity contribution in [1.82, 2.24) is 4.90 Å². The molecule has 0 spiro atoms. The molecular formula is C13H21NO3. The molecule has 2 fully saturated rings. The lowest BCUT2D eigenvalue weighted by molar-refractivity contribution is -0.155. The second-order valence-corrected chi connectivity index (χ2v) is 5.47. The van der Waals surface area contributed by atoms with Crippen molar-refractivity contribution in [3.05, 3.63) is 0 Å². The van der Waals surface area contributed by atoms with Gasteiger partial charge in [-0.1, -0.05) is 13.3 Å². The summed E-state index contributed by atoms with van der Waals surface area (Å²) in [6, 6.07) is 0. The third-order valence-corrected chi connectivity index (χ3v) is 4.00. The SMILES string of the molecule is CCCC1(C(=O)O)CCCN(C(=O)C2CC2)C1. The Balaban J connectivity index is 2.07. The summed E-state index contributed by atoms with van der Waals surface area (Å²) in [6.45, 7) is 3.17.